The van der Waals surface area contributed by atoms with E-state index < -0.39 is 0 Å². The van der Waals surface area contributed by atoms with Crippen LogP contribution < -0.4 is 16.4 Å². The van der Waals surface area contributed by atoms with E-state index in [4.69, 9.17) is 23.1 Å². The van der Waals surface area contributed by atoms with Crippen molar-refractivity contribution in [3.8, 4) is 0 Å². The van der Waals surface area contributed by atoms with Crippen LogP contribution in [0.15, 0.2) is 64.6 Å². The number of para-hydroxylation sites is 1. The number of guanidine groups is 2. The van der Waals surface area contributed by atoms with Gasteiger partial charge < -0.3 is 11.5 Å². The summed E-state index contributed by atoms with van der Waals surface area (Å²) in [6, 6.07) is 17.2. The van der Waals surface area contributed by atoms with Crippen LogP contribution in [-0.4, -0.2) is 11.9 Å². The van der Waals surface area contributed by atoms with Crippen LogP contribution >= 0.6 is 11.6 Å². The summed E-state index contributed by atoms with van der Waals surface area (Å²) < 4.78 is 0. The Balaban J connectivity index is 2.12. The fraction of sp³-hybridized carbons (Fsp3) is 0.0667. The predicted molar refractivity (Wildman–Crippen MR) is 86.4 cm³/mol. The number of benzene rings is 2. The summed E-state index contributed by atoms with van der Waals surface area (Å²) in [6.07, 6.45) is -0.386. The molecule has 4 N–H and O–H groups in total. The van der Waals surface area contributed by atoms with Crippen LogP contribution in [0, 0.1) is 0 Å². The van der Waals surface area contributed by atoms with Gasteiger partial charge in [0.25, 0.3) is 0 Å². The summed E-state index contributed by atoms with van der Waals surface area (Å²) in [5, 5.41) is 0.576. The van der Waals surface area contributed by atoms with Crippen LogP contribution in [0.4, 0.5) is 5.69 Å². The molecule has 1 heterocycles. The summed E-state index contributed by atoms with van der Waals surface area (Å²) in [5.41, 5.74) is 13.5. The minimum absolute atomic E-state index is 0.157. The quantitative estimate of drug-likeness (QED) is 0.894. The maximum absolute atomic E-state index is 6.28. The lowest BCUT2D eigenvalue weighted by atomic mass is 10.1. The van der Waals surface area contributed by atoms with Crippen molar-refractivity contribution in [1.29, 1.82) is 0 Å². The van der Waals surface area contributed by atoms with E-state index in [0.29, 0.717) is 5.02 Å². The second-order valence-corrected chi connectivity index (χ2v) is 4.97. The van der Waals surface area contributed by atoms with E-state index in [2.05, 4.69) is 9.98 Å². The highest BCUT2D eigenvalue weighted by molar-refractivity contribution is 6.34. The van der Waals surface area contributed by atoms with Gasteiger partial charge in [-0.2, -0.15) is 4.99 Å². The minimum atomic E-state index is -0.386. The van der Waals surface area contributed by atoms with Gasteiger partial charge >= 0.3 is 0 Å². The van der Waals surface area contributed by atoms with Gasteiger partial charge in [0.2, 0.25) is 11.9 Å². The van der Waals surface area contributed by atoms with Gasteiger partial charge in [-0.3, -0.25) is 4.90 Å². The lowest BCUT2D eigenvalue weighted by Gasteiger charge is -2.33. The van der Waals surface area contributed by atoms with Crippen molar-refractivity contribution in [2.24, 2.45) is 21.5 Å². The minimum Gasteiger partial charge on any atom is -0.369 e. The first-order valence-corrected chi connectivity index (χ1v) is 6.81. The van der Waals surface area contributed by atoms with E-state index in [0.717, 1.165) is 11.3 Å². The van der Waals surface area contributed by atoms with Gasteiger partial charge in [0, 0.05) is 0 Å². The Morgan fingerprint density at radius 2 is 1.62 bits per heavy atom. The van der Waals surface area contributed by atoms with Crippen LogP contribution in [0.3, 0.4) is 0 Å². The molecule has 0 saturated carbocycles. The third-order valence-corrected chi connectivity index (χ3v) is 3.50. The number of nitrogens with two attached hydrogens (primary N) is 2. The first-order chi connectivity index (χ1) is 10.2. The van der Waals surface area contributed by atoms with E-state index in [-0.39, 0.29) is 18.1 Å². The molecule has 21 heavy (non-hydrogen) atoms. The van der Waals surface area contributed by atoms with Gasteiger partial charge in [-0.15, -0.1) is 0 Å². The Morgan fingerprint density at radius 1 is 0.952 bits per heavy atom. The molecule has 106 valence electrons. The fourth-order valence-electron chi connectivity index (χ4n) is 2.26. The van der Waals surface area contributed by atoms with Crippen LogP contribution in [-0.2, 0) is 0 Å². The second-order valence-electron chi connectivity index (χ2n) is 4.56. The van der Waals surface area contributed by atoms with Crippen molar-refractivity contribution in [3.05, 3.63) is 65.2 Å². The van der Waals surface area contributed by atoms with Gasteiger partial charge in [0.15, 0.2) is 6.17 Å². The number of hydrogen-bond donors (Lipinski definition) is 2. The number of nitrogens with zero attached hydrogens (tertiary/aromatic N) is 3. The molecule has 5 nitrogen and oxygen atoms in total. The van der Waals surface area contributed by atoms with Crippen LogP contribution in [0.5, 0.6) is 0 Å². The number of hydrogen-bond acceptors (Lipinski definition) is 5. The first kappa shape index (κ1) is 13.5. The highest BCUT2D eigenvalue weighted by Crippen LogP contribution is 2.34. The summed E-state index contributed by atoms with van der Waals surface area (Å²) in [4.78, 5) is 10.2. The third kappa shape index (κ3) is 2.55. The van der Waals surface area contributed by atoms with Crippen LogP contribution in [0.2, 0.25) is 5.02 Å². The molecule has 1 aliphatic rings. The van der Waals surface area contributed by atoms with Gasteiger partial charge in [0.05, 0.1) is 10.7 Å². The van der Waals surface area contributed by atoms with Crippen LogP contribution in [0.25, 0.3) is 0 Å². The largest absolute Gasteiger partial charge is 0.369 e. The van der Waals surface area contributed by atoms with Crippen molar-refractivity contribution >= 4 is 29.2 Å². The molecule has 2 aromatic rings. The maximum atomic E-state index is 6.28. The molecule has 0 aliphatic carbocycles. The molecule has 0 radical (unpaired) electrons. The molecule has 0 spiro atoms. The van der Waals surface area contributed by atoms with E-state index in [9.17, 15) is 0 Å². The molecule has 0 aromatic heterocycles. The van der Waals surface area contributed by atoms with Gasteiger partial charge in [-0.05, 0) is 17.7 Å². The van der Waals surface area contributed by atoms with Crippen molar-refractivity contribution in [3.63, 3.8) is 0 Å². The average Bonchev–Trinajstić information content (AvgIpc) is 2.49. The summed E-state index contributed by atoms with van der Waals surface area (Å²) >= 11 is 6.28. The summed E-state index contributed by atoms with van der Waals surface area (Å²) in [6.45, 7) is 0. The van der Waals surface area contributed by atoms with E-state index >= 15 is 0 Å². The van der Waals surface area contributed by atoms with E-state index in [1.54, 1.807) is 11.0 Å². The average molecular weight is 300 g/mol. The Labute approximate surface area is 127 Å². The molecule has 0 bridgehead atoms. The molecule has 2 aromatic carbocycles. The van der Waals surface area contributed by atoms with Gasteiger partial charge in [-0.25, -0.2) is 4.99 Å². The normalized spacial score (nSPS) is 18.1. The highest BCUT2D eigenvalue weighted by Gasteiger charge is 2.28. The van der Waals surface area contributed by atoms with Crippen molar-refractivity contribution in [1.82, 2.24) is 0 Å². The zero-order chi connectivity index (χ0) is 14.8. The number of anilines is 1. The Morgan fingerprint density at radius 3 is 2.33 bits per heavy atom. The van der Waals surface area contributed by atoms with Crippen molar-refractivity contribution in [2.75, 3.05) is 4.90 Å². The van der Waals surface area contributed by atoms with Crippen molar-refractivity contribution < 1.29 is 0 Å². The standard InChI is InChI=1S/C15H14ClN5/c16-11-8-4-5-9-12(11)21-13(10-6-2-1-3-7-10)19-14(17)20-15(21)18/h1-9,13H,(H4,17,18,19,20). The maximum Gasteiger partial charge on any atom is 0.221 e. The highest BCUT2D eigenvalue weighted by atomic mass is 35.5. The molecular formula is C15H14ClN5. The van der Waals surface area contributed by atoms with E-state index in [1.807, 2.05) is 48.5 Å². The Hall–Kier alpha value is -2.53. The Kier molecular flexibility index (Phi) is 3.50. The zero-order valence-corrected chi connectivity index (χ0v) is 11.9. The lowest BCUT2D eigenvalue weighted by molar-refractivity contribution is 0.736. The molecule has 0 saturated heterocycles. The van der Waals surface area contributed by atoms with Crippen molar-refractivity contribution in [2.45, 2.75) is 6.17 Å². The molecule has 1 unspecified atom stereocenters. The third-order valence-electron chi connectivity index (χ3n) is 3.18. The first-order valence-electron chi connectivity index (χ1n) is 6.43. The predicted octanol–water partition coefficient (Wildman–Crippen LogP) is 2.49. The summed E-state index contributed by atoms with van der Waals surface area (Å²) in [5.74, 6) is 0.425. The molecule has 1 atom stereocenters. The van der Waals surface area contributed by atoms with Gasteiger partial charge in [0.1, 0.15) is 0 Å². The van der Waals surface area contributed by atoms with Gasteiger partial charge in [-0.1, -0.05) is 54.1 Å². The Bertz CT molecular complexity index is 711. The monoisotopic (exact) mass is 299 g/mol. The molecule has 1 aliphatic heterocycles. The molecule has 3 rings (SSSR count). The second kappa shape index (κ2) is 5.46. The molecule has 0 fully saturated rings. The lowest BCUT2D eigenvalue weighted by Crippen LogP contribution is -2.44. The van der Waals surface area contributed by atoms with Crippen LogP contribution in [0.1, 0.15) is 11.7 Å². The topological polar surface area (TPSA) is 80.0 Å². The zero-order valence-electron chi connectivity index (χ0n) is 11.1. The number of halogens is 1. The SMILES string of the molecule is NC1=NC(c2ccccc2)N(c2ccccc2Cl)C(N)=N1. The molecule has 6 heteroatoms. The smallest absolute Gasteiger partial charge is 0.221 e. The van der Waals surface area contributed by atoms with E-state index in [1.165, 1.54) is 0 Å². The molecular weight excluding hydrogens is 286 g/mol. The fourth-order valence-corrected chi connectivity index (χ4v) is 2.49. The number of rotatable bonds is 2. The number of aliphatic imine (C=N–C) groups is 2. The molecule has 0 amide bonds. The summed E-state index contributed by atoms with van der Waals surface area (Å²) in [7, 11) is 0.